The number of halogens is 1. The molecule has 0 atom stereocenters. The number of aromatic nitrogens is 6. The van der Waals surface area contributed by atoms with Gasteiger partial charge in [-0.15, -0.1) is 10.2 Å². The van der Waals surface area contributed by atoms with Crippen molar-refractivity contribution in [1.82, 2.24) is 29.4 Å². The summed E-state index contributed by atoms with van der Waals surface area (Å²) in [6.45, 7) is 2.14. The Labute approximate surface area is 160 Å². The first kappa shape index (κ1) is 16.0. The number of hydrogen-bond donors (Lipinski definition) is 0. The summed E-state index contributed by atoms with van der Waals surface area (Å²) in [7, 11) is 0. The molecule has 0 unspecified atom stereocenters. The van der Waals surface area contributed by atoms with E-state index in [9.17, 15) is 0 Å². The van der Waals surface area contributed by atoms with Crippen molar-refractivity contribution < 1.29 is 0 Å². The van der Waals surface area contributed by atoms with Gasteiger partial charge >= 0.3 is 0 Å². The third-order valence-electron chi connectivity index (χ3n) is 4.67. The summed E-state index contributed by atoms with van der Waals surface area (Å²) in [5.74, 6) is 0.765. The maximum Gasteiger partial charge on any atom is 0.175 e. The van der Waals surface area contributed by atoms with Gasteiger partial charge < -0.3 is 0 Å². The topological polar surface area (TPSA) is 60.9 Å². The normalized spacial score (nSPS) is 11.5. The highest BCUT2D eigenvalue weighted by Gasteiger charge is 2.15. The van der Waals surface area contributed by atoms with Gasteiger partial charge in [-0.2, -0.15) is 5.10 Å². The molecule has 0 spiro atoms. The molecule has 0 saturated carbocycles. The lowest BCUT2D eigenvalue weighted by Gasteiger charge is -2.04. The van der Waals surface area contributed by atoms with Crippen LogP contribution in [0, 0.1) is 0 Å². The number of rotatable bonds is 3. The average molecular weight is 375 g/mol. The fraction of sp³-hybridized carbons (Fsp3) is 0.100. The van der Waals surface area contributed by atoms with E-state index < -0.39 is 0 Å². The van der Waals surface area contributed by atoms with Gasteiger partial charge in [0.05, 0.1) is 17.3 Å². The second-order valence-corrected chi connectivity index (χ2v) is 6.72. The lowest BCUT2D eigenvalue weighted by atomic mass is 10.1. The minimum Gasteiger partial charge on any atom is -0.265 e. The summed E-state index contributed by atoms with van der Waals surface area (Å²) in [5, 5.41) is 14.8. The Morgan fingerprint density at radius 1 is 0.926 bits per heavy atom. The molecule has 0 aliphatic carbocycles. The molecule has 7 heteroatoms. The van der Waals surface area contributed by atoms with Crippen LogP contribution in [0.25, 0.3) is 33.8 Å². The van der Waals surface area contributed by atoms with Gasteiger partial charge in [-0.3, -0.25) is 4.40 Å². The molecular weight excluding hydrogens is 360 g/mol. The lowest BCUT2D eigenvalue weighted by molar-refractivity contribution is 0.893. The zero-order chi connectivity index (χ0) is 18.4. The quantitative estimate of drug-likeness (QED) is 0.471. The molecule has 0 saturated heterocycles. The summed E-state index contributed by atoms with van der Waals surface area (Å²) in [6.07, 6.45) is 4.52. The molecule has 0 fully saturated rings. The van der Waals surface area contributed by atoms with Gasteiger partial charge in [-0.05, 0) is 36.2 Å². The molecule has 0 radical (unpaired) electrons. The van der Waals surface area contributed by atoms with Crippen LogP contribution in [0.2, 0.25) is 5.02 Å². The standard InChI is InChI=1S/C20H15ClN6/c1-2-13-3-5-14(6-4-13)18-24-25-20-17-11-23-27(19(17)22-12-26(18)20)16-9-7-15(21)8-10-16/h3-12H,2H2,1H3. The molecule has 0 amide bonds. The van der Waals surface area contributed by atoms with E-state index in [-0.39, 0.29) is 0 Å². The van der Waals surface area contributed by atoms with Gasteiger partial charge in [0.15, 0.2) is 17.1 Å². The van der Waals surface area contributed by atoms with E-state index in [1.807, 2.05) is 28.7 Å². The Kier molecular flexibility index (Phi) is 3.65. The molecule has 2 aromatic carbocycles. The van der Waals surface area contributed by atoms with E-state index in [1.54, 1.807) is 17.2 Å². The van der Waals surface area contributed by atoms with Crippen molar-refractivity contribution in [2.75, 3.05) is 0 Å². The summed E-state index contributed by atoms with van der Waals surface area (Å²) in [6, 6.07) is 15.8. The second kappa shape index (κ2) is 6.17. The summed E-state index contributed by atoms with van der Waals surface area (Å²) >= 11 is 5.98. The molecular formula is C20H15ClN6. The minimum atomic E-state index is 0.682. The third-order valence-corrected chi connectivity index (χ3v) is 4.92. The zero-order valence-electron chi connectivity index (χ0n) is 14.5. The fourth-order valence-electron chi connectivity index (χ4n) is 3.18. The average Bonchev–Trinajstić information content (AvgIpc) is 3.32. The number of aryl methyl sites for hydroxylation is 1. The van der Waals surface area contributed by atoms with Crippen LogP contribution in [0.5, 0.6) is 0 Å². The van der Waals surface area contributed by atoms with E-state index in [1.165, 1.54) is 5.56 Å². The zero-order valence-corrected chi connectivity index (χ0v) is 15.3. The van der Waals surface area contributed by atoms with Crippen LogP contribution in [0.3, 0.4) is 0 Å². The molecule has 5 aromatic rings. The van der Waals surface area contributed by atoms with Crippen LogP contribution in [-0.4, -0.2) is 29.4 Å². The highest BCUT2D eigenvalue weighted by atomic mass is 35.5. The van der Waals surface area contributed by atoms with Crippen LogP contribution >= 0.6 is 11.6 Å². The number of benzene rings is 2. The second-order valence-electron chi connectivity index (χ2n) is 6.28. The first-order valence-corrected chi connectivity index (χ1v) is 9.05. The Morgan fingerprint density at radius 3 is 2.44 bits per heavy atom. The molecule has 5 rings (SSSR count). The van der Waals surface area contributed by atoms with E-state index >= 15 is 0 Å². The molecule has 3 heterocycles. The Balaban J connectivity index is 1.66. The van der Waals surface area contributed by atoms with Crippen molar-refractivity contribution >= 4 is 28.3 Å². The number of hydrogen-bond acceptors (Lipinski definition) is 4. The fourth-order valence-corrected chi connectivity index (χ4v) is 3.30. The van der Waals surface area contributed by atoms with E-state index in [0.29, 0.717) is 5.02 Å². The van der Waals surface area contributed by atoms with Crippen molar-refractivity contribution in [2.45, 2.75) is 13.3 Å². The van der Waals surface area contributed by atoms with E-state index in [2.05, 4.69) is 51.5 Å². The molecule has 132 valence electrons. The molecule has 3 aromatic heterocycles. The molecule has 0 aliphatic heterocycles. The number of nitrogens with zero attached hydrogens (tertiary/aromatic N) is 6. The van der Waals surface area contributed by atoms with Crippen LogP contribution in [0.1, 0.15) is 12.5 Å². The van der Waals surface area contributed by atoms with E-state index in [4.69, 9.17) is 11.6 Å². The van der Waals surface area contributed by atoms with Crippen molar-refractivity contribution in [3.63, 3.8) is 0 Å². The van der Waals surface area contributed by atoms with Crippen LogP contribution in [-0.2, 0) is 6.42 Å². The Bertz CT molecular complexity index is 1250. The molecule has 0 N–H and O–H groups in total. The first-order valence-electron chi connectivity index (χ1n) is 8.67. The van der Waals surface area contributed by atoms with Crippen molar-refractivity contribution in [3.05, 3.63) is 71.6 Å². The minimum absolute atomic E-state index is 0.682. The van der Waals surface area contributed by atoms with Crippen molar-refractivity contribution in [1.29, 1.82) is 0 Å². The van der Waals surface area contributed by atoms with Gasteiger partial charge in [-0.25, -0.2) is 9.67 Å². The molecule has 0 bridgehead atoms. The third kappa shape index (κ3) is 2.57. The van der Waals surface area contributed by atoms with Gasteiger partial charge in [-0.1, -0.05) is 42.8 Å². The van der Waals surface area contributed by atoms with Gasteiger partial charge in [0, 0.05) is 10.6 Å². The maximum absolute atomic E-state index is 5.98. The van der Waals surface area contributed by atoms with Crippen molar-refractivity contribution in [2.24, 2.45) is 0 Å². The van der Waals surface area contributed by atoms with Crippen LogP contribution in [0.4, 0.5) is 0 Å². The number of fused-ring (bicyclic) bond motifs is 3. The summed E-state index contributed by atoms with van der Waals surface area (Å²) in [4.78, 5) is 4.61. The van der Waals surface area contributed by atoms with Crippen molar-refractivity contribution in [3.8, 4) is 17.1 Å². The largest absolute Gasteiger partial charge is 0.265 e. The van der Waals surface area contributed by atoms with Gasteiger partial charge in [0.25, 0.3) is 0 Å². The monoisotopic (exact) mass is 374 g/mol. The molecule has 27 heavy (non-hydrogen) atoms. The summed E-state index contributed by atoms with van der Waals surface area (Å²) < 4.78 is 3.67. The predicted molar refractivity (Wildman–Crippen MR) is 105 cm³/mol. The smallest absolute Gasteiger partial charge is 0.175 e. The van der Waals surface area contributed by atoms with E-state index in [0.717, 1.165) is 40.2 Å². The summed E-state index contributed by atoms with van der Waals surface area (Å²) in [5.41, 5.74) is 4.64. The SMILES string of the molecule is CCc1ccc(-c2nnc3c4cnn(-c5ccc(Cl)cc5)c4ncn23)cc1. The molecule has 0 aliphatic rings. The van der Waals surface area contributed by atoms with Gasteiger partial charge in [0.2, 0.25) is 0 Å². The Hall–Kier alpha value is -3.25. The lowest BCUT2D eigenvalue weighted by Crippen LogP contribution is -1.99. The maximum atomic E-state index is 5.98. The first-order chi connectivity index (χ1) is 13.2. The molecule has 6 nitrogen and oxygen atoms in total. The highest BCUT2D eigenvalue weighted by molar-refractivity contribution is 6.30. The predicted octanol–water partition coefficient (Wildman–Crippen LogP) is 4.35. The van der Waals surface area contributed by atoms with Crippen LogP contribution in [0.15, 0.2) is 61.1 Å². The Morgan fingerprint density at radius 2 is 1.70 bits per heavy atom. The van der Waals surface area contributed by atoms with Crippen LogP contribution < -0.4 is 0 Å². The van der Waals surface area contributed by atoms with Gasteiger partial charge in [0.1, 0.15) is 6.33 Å². The highest BCUT2D eigenvalue weighted by Crippen LogP contribution is 2.24.